The summed E-state index contributed by atoms with van der Waals surface area (Å²) >= 11 is 0. The molecule has 69 heavy (non-hydrogen) atoms. The van der Waals surface area contributed by atoms with Gasteiger partial charge in [-0.05, 0) is 107 Å². The molecule has 14 unspecified atom stereocenters. The van der Waals surface area contributed by atoms with Crippen LogP contribution in [0.5, 0.6) is 0 Å². The average Bonchev–Trinajstić information content (AvgIpc) is 3.30. The number of ether oxygens (including phenoxy) is 5. The van der Waals surface area contributed by atoms with Crippen LogP contribution in [-0.2, 0) is 56.7 Å². The van der Waals surface area contributed by atoms with Gasteiger partial charge in [-0.25, -0.2) is 4.79 Å². The van der Waals surface area contributed by atoms with Gasteiger partial charge in [0, 0.05) is 71.8 Å². The molecule has 0 aromatic rings. The highest BCUT2D eigenvalue weighted by atomic mass is 31.2. The standard InChI is InChI=1S/C53H84NO14P/c1-32-18-14-13-15-19-33(2)44(63-8)30-40-23-21-38(7)53(61,67-40)50(58)51(59)54-25-17-16-20-41(54)52(60)66-45(35(4)28-39-22-24-43(46(29-39)64-9)68-69(11,12)62)31-42(55)34(3)27-37(6)48(57)49(65-10)47(56)36(5)26-32/h13-15,18-19,27,32,34-36,38-41,43-46,48-49,57,61H,16-17,20-26,28-31H2,1-12H3/t32?,34?,35?,36?,38?,39?,40?,41?,43?,44?,45?,46?,48?,49?,53-/m1/s1. The molecule has 1 saturated carbocycles. The van der Waals surface area contributed by atoms with E-state index in [9.17, 15) is 38.8 Å². The Kier molecular flexibility index (Phi) is 22.5. The zero-order valence-corrected chi connectivity index (χ0v) is 44.3. The number of rotatable bonds is 8. The monoisotopic (exact) mass is 990 g/mol. The predicted octanol–water partition coefficient (Wildman–Crippen LogP) is 7.74. The van der Waals surface area contributed by atoms with Gasteiger partial charge in [0.2, 0.25) is 5.79 Å². The summed E-state index contributed by atoms with van der Waals surface area (Å²) in [6.45, 7) is 15.9. The van der Waals surface area contributed by atoms with E-state index in [0.29, 0.717) is 63.4 Å². The van der Waals surface area contributed by atoms with Crippen molar-refractivity contribution in [1.29, 1.82) is 0 Å². The van der Waals surface area contributed by atoms with Crippen LogP contribution in [-0.4, -0.2) is 140 Å². The maximum Gasteiger partial charge on any atom is 0.329 e. The first-order valence-electron chi connectivity index (χ1n) is 25.2. The van der Waals surface area contributed by atoms with E-state index in [4.69, 9.17) is 28.2 Å². The molecule has 0 aromatic carbocycles. The molecule has 15 nitrogen and oxygen atoms in total. The summed E-state index contributed by atoms with van der Waals surface area (Å²) in [5.41, 5.74) is 1.25. The zero-order valence-electron chi connectivity index (χ0n) is 43.4. The molecule has 2 saturated heterocycles. The predicted molar refractivity (Wildman–Crippen MR) is 263 cm³/mol. The van der Waals surface area contributed by atoms with Crippen molar-refractivity contribution in [2.24, 2.45) is 35.5 Å². The van der Waals surface area contributed by atoms with Crippen molar-refractivity contribution in [2.45, 2.75) is 180 Å². The number of esters is 1. The van der Waals surface area contributed by atoms with Crippen molar-refractivity contribution in [1.82, 2.24) is 4.90 Å². The van der Waals surface area contributed by atoms with Crippen molar-refractivity contribution in [2.75, 3.05) is 41.2 Å². The number of hydrogen-bond acceptors (Lipinski definition) is 14. The van der Waals surface area contributed by atoms with E-state index in [1.54, 1.807) is 54.4 Å². The maximum absolute atomic E-state index is 14.5. The molecule has 0 radical (unpaired) electrons. The Morgan fingerprint density at radius 3 is 2.22 bits per heavy atom. The Balaban J connectivity index is 1.70. The SMILES string of the molecule is COC1CC2CCC(C)[C@@](O)(O2)C(=O)C(=O)N2CCCCC2C(=O)OC(C(C)CC2CCC(OP(C)(C)=O)C(OC)C2)CC(=O)C(C)C=C(C)C(O)C(OC)C(=O)C(C)CC(C)C=CC=CC=C1C. The van der Waals surface area contributed by atoms with Crippen LogP contribution in [0.15, 0.2) is 47.6 Å². The number of piperidine rings is 1. The van der Waals surface area contributed by atoms with Crippen molar-refractivity contribution in [3.63, 3.8) is 0 Å². The molecule has 15 atom stereocenters. The van der Waals surface area contributed by atoms with E-state index >= 15 is 0 Å². The lowest BCUT2D eigenvalue weighted by molar-refractivity contribution is -0.265. The van der Waals surface area contributed by atoms with E-state index in [0.717, 1.165) is 12.0 Å². The van der Waals surface area contributed by atoms with Crippen molar-refractivity contribution >= 4 is 36.6 Å². The Labute approximate surface area is 411 Å². The molecule has 4 rings (SSSR count). The average molecular weight is 990 g/mol. The third kappa shape index (κ3) is 16.2. The molecule has 3 aliphatic heterocycles. The molecule has 0 spiro atoms. The van der Waals surface area contributed by atoms with E-state index in [2.05, 4.69) is 0 Å². The fraction of sp³-hybridized carbons (Fsp3) is 0.755. The number of fused-ring (bicyclic) bond motifs is 3. The lowest BCUT2D eigenvalue weighted by Crippen LogP contribution is -2.61. The van der Waals surface area contributed by atoms with Gasteiger partial charge in [0.05, 0.1) is 24.4 Å². The van der Waals surface area contributed by atoms with Gasteiger partial charge in [-0.3, -0.25) is 23.7 Å². The van der Waals surface area contributed by atoms with Gasteiger partial charge in [0.25, 0.3) is 11.7 Å². The summed E-state index contributed by atoms with van der Waals surface area (Å²) in [6, 6.07) is -1.16. The van der Waals surface area contributed by atoms with Crippen LogP contribution >= 0.6 is 7.37 Å². The number of aliphatic hydroxyl groups is 2. The number of cyclic esters (lactones) is 1. The first-order valence-corrected chi connectivity index (χ1v) is 27.7. The molecule has 4 aliphatic rings. The van der Waals surface area contributed by atoms with Crippen molar-refractivity contribution in [3.8, 4) is 0 Å². The topological polar surface area (TPSA) is 201 Å². The summed E-state index contributed by atoms with van der Waals surface area (Å²) in [5, 5.41) is 23.5. The highest BCUT2D eigenvalue weighted by Crippen LogP contribution is 2.45. The molecular formula is C53H84NO14P. The van der Waals surface area contributed by atoms with Crippen LogP contribution in [0, 0.1) is 35.5 Å². The number of Topliss-reactive ketones (excluding diaryl/α,β-unsaturated/α-hetero) is 3. The second-order valence-electron chi connectivity index (χ2n) is 20.9. The summed E-state index contributed by atoms with van der Waals surface area (Å²) < 4.78 is 48.2. The normalized spacial score (nSPS) is 36.6. The minimum absolute atomic E-state index is 0.0117. The molecule has 16 heteroatoms. The second kappa shape index (κ2) is 26.5. The highest BCUT2D eigenvalue weighted by Gasteiger charge is 2.53. The van der Waals surface area contributed by atoms with E-state index in [1.807, 2.05) is 58.1 Å². The van der Waals surface area contributed by atoms with Gasteiger partial charge in [0.1, 0.15) is 30.1 Å². The van der Waals surface area contributed by atoms with Gasteiger partial charge < -0.3 is 43.3 Å². The smallest absolute Gasteiger partial charge is 0.329 e. The molecule has 0 aromatic heterocycles. The van der Waals surface area contributed by atoms with E-state index in [1.165, 1.54) is 12.0 Å². The van der Waals surface area contributed by atoms with Gasteiger partial charge >= 0.3 is 5.97 Å². The number of carbonyl (C=O) groups excluding carboxylic acids is 5. The number of carbonyl (C=O) groups is 5. The fourth-order valence-corrected chi connectivity index (χ4v) is 11.4. The van der Waals surface area contributed by atoms with Crippen LogP contribution in [0.25, 0.3) is 0 Å². The van der Waals surface area contributed by atoms with Gasteiger partial charge in [-0.15, -0.1) is 0 Å². The van der Waals surface area contributed by atoms with Crippen LogP contribution in [0.4, 0.5) is 0 Å². The maximum atomic E-state index is 14.5. The first-order chi connectivity index (χ1) is 32.4. The largest absolute Gasteiger partial charge is 0.460 e. The lowest BCUT2D eigenvalue weighted by Gasteiger charge is -2.42. The number of aliphatic hydroxyl groups excluding tert-OH is 1. The van der Waals surface area contributed by atoms with Gasteiger partial charge in [-0.2, -0.15) is 0 Å². The minimum Gasteiger partial charge on any atom is -0.460 e. The molecule has 3 fully saturated rings. The zero-order chi connectivity index (χ0) is 51.4. The Bertz CT molecular complexity index is 1940. The lowest BCUT2D eigenvalue weighted by atomic mass is 9.78. The van der Waals surface area contributed by atoms with Crippen LogP contribution in [0.1, 0.15) is 126 Å². The summed E-state index contributed by atoms with van der Waals surface area (Å²) in [6.07, 6.45) is 11.4. The van der Waals surface area contributed by atoms with Crippen LogP contribution in [0.2, 0.25) is 0 Å². The number of methoxy groups -OCH3 is 3. The molecule has 2 N–H and O–H groups in total. The molecule has 1 amide bonds. The first kappa shape index (κ1) is 58.4. The van der Waals surface area contributed by atoms with E-state index < -0.39 is 85.1 Å². The third-order valence-electron chi connectivity index (χ3n) is 14.8. The number of hydrogen-bond donors (Lipinski definition) is 2. The molecule has 3 heterocycles. The third-order valence-corrected chi connectivity index (χ3v) is 15.6. The molecule has 1 aliphatic carbocycles. The number of nitrogens with zero attached hydrogens (tertiary/aromatic N) is 1. The minimum atomic E-state index is -2.79. The van der Waals surface area contributed by atoms with Gasteiger partial charge in [-0.1, -0.05) is 71.1 Å². The highest BCUT2D eigenvalue weighted by molar-refractivity contribution is 7.57. The number of amides is 1. The Morgan fingerprint density at radius 1 is 0.855 bits per heavy atom. The molecular weight excluding hydrogens is 906 g/mol. The molecule has 390 valence electrons. The quantitative estimate of drug-likeness (QED) is 0.104. The Hall–Kier alpha value is -3.14. The summed E-state index contributed by atoms with van der Waals surface area (Å²) in [4.78, 5) is 72.2. The summed E-state index contributed by atoms with van der Waals surface area (Å²) in [5.74, 6) is -8.11. The van der Waals surface area contributed by atoms with E-state index in [-0.39, 0.29) is 60.9 Å². The fourth-order valence-electron chi connectivity index (χ4n) is 10.5. The van der Waals surface area contributed by atoms with Gasteiger partial charge in [0.15, 0.2) is 13.2 Å². The number of allylic oxidation sites excluding steroid dienone is 6. The van der Waals surface area contributed by atoms with Crippen molar-refractivity contribution in [3.05, 3.63) is 47.6 Å². The van der Waals surface area contributed by atoms with Crippen molar-refractivity contribution < 1.29 is 67.0 Å². The second-order valence-corrected chi connectivity index (χ2v) is 23.6. The number of ketones is 3. The van der Waals surface area contributed by atoms with Crippen LogP contribution < -0.4 is 0 Å². The van der Waals surface area contributed by atoms with Crippen LogP contribution in [0.3, 0.4) is 0 Å². The molecule has 2 bridgehead atoms. The Morgan fingerprint density at radius 2 is 1.57 bits per heavy atom. The summed E-state index contributed by atoms with van der Waals surface area (Å²) in [7, 11) is 1.76.